The first-order valence-electron chi connectivity index (χ1n) is 11.7. The average molecular weight is 510 g/mol. The van der Waals surface area contributed by atoms with Crippen molar-refractivity contribution >= 4 is 44.7 Å². The fraction of sp³-hybridized carbons (Fsp3) is 0.138. The van der Waals surface area contributed by atoms with E-state index in [1.807, 2.05) is 60.7 Å². The van der Waals surface area contributed by atoms with E-state index in [0.29, 0.717) is 43.9 Å². The molecule has 0 radical (unpaired) electrons. The van der Waals surface area contributed by atoms with Crippen LogP contribution in [0.1, 0.15) is 39.2 Å². The summed E-state index contributed by atoms with van der Waals surface area (Å²) in [5.41, 5.74) is 4.17. The number of nitrogens with one attached hydrogen (secondary N) is 1. The van der Waals surface area contributed by atoms with E-state index in [1.54, 1.807) is 6.07 Å². The van der Waals surface area contributed by atoms with Gasteiger partial charge in [-0.1, -0.05) is 41.9 Å². The summed E-state index contributed by atoms with van der Waals surface area (Å²) in [6, 6.07) is 22.7. The Morgan fingerprint density at radius 3 is 2.67 bits per heavy atom. The second-order valence-electron chi connectivity index (χ2n) is 8.70. The number of pyridine rings is 1. The molecule has 6 rings (SSSR count). The van der Waals surface area contributed by atoms with E-state index in [0.717, 1.165) is 42.2 Å². The lowest BCUT2D eigenvalue weighted by Gasteiger charge is -2.10. The van der Waals surface area contributed by atoms with Gasteiger partial charge in [0, 0.05) is 15.8 Å². The van der Waals surface area contributed by atoms with Crippen molar-refractivity contribution in [2.75, 3.05) is 5.32 Å². The number of thiophene rings is 1. The first-order chi connectivity index (χ1) is 17.6. The number of carbonyl (C=O) groups is 1. The Labute approximate surface area is 217 Å². The molecule has 0 fully saturated rings. The zero-order valence-corrected chi connectivity index (χ0v) is 20.7. The summed E-state index contributed by atoms with van der Waals surface area (Å²) in [4.78, 5) is 19.5. The van der Waals surface area contributed by atoms with Gasteiger partial charge in [0.05, 0.1) is 21.7 Å². The number of aryl methyl sites for hydroxylation is 1. The van der Waals surface area contributed by atoms with Crippen LogP contribution in [0.2, 0.25) is 5.02 Å². The van der Waals surface area contributed by atoms with Crippen molar-refractivity contribution in [2.45, 2.75) is 25.7 Å². The second-order valence-corrected chi connectivity index (χ2v) is 10.2. The van der Waals surface area contributed by atoms with Crippen LogP contribution in [0.15, 0.2) is 71.1 Å². The lowest BCUT2D eigenvalue weighted by Crippen LogP contribution is -2.13. The fourth-order valence-electron chi connectivity index (χ4n) is 4.71. The molecule has 0 atom stereocenters. The molecule has 3 heterocycles. The quantitative estimate of drug-likeness (QED) is 0.267. The van der Waals surface area contributed by atoms with Crippen molar-refractivity contribution in [1.29, 1.82) is 5.26 Å². The minimum absolute atomic E-state index is 0.275. The summed E-state index contributed by atoms with van der Waals surface area (Å²) in [6.45, 7) is 0. The predicted octanol–water partition coefficient (Wildman–Crippen LogP) is 7.88. The Hall–Kier alpha value is -3.92. The van der Waals surface area contributed by atoms with Crippen LogP contribution in [0.5, 0.6) is 0 Å². The number of nitrogens with zero attached hydrogens (tertiary/aromatic N) is 2. The number of rotatable bonds is 4. The highest BCUT2D eigenvalue weighted by atomic mass is 35.5. The topological polar surface area (TPSA) is 78.9 Å². The molecule has 36 heavy (non-hydrogen) atoms. The molecule has 1 aliphatic carbocycles. The molecule has 5 nitrogen and oxygen atoms in total. The number of nitriles is 1. The molecule has 0 bridgehead atoms. The molecule has 0 saturated heterocycles. The van der Waals surface area contributed by atoms with Crippen LogP contribution >= 0.6 is 22.9 Å². The smallest absolute Gasteiger partial charge is 0.257 e. The maximum atomic E-state index is 13.6. The van der Waals surface area contributed by atoms with Crippen LogP contribution in [-0.2, 0) is 12.8 Å². The highest BCUT2D eigenvalue weighted by molar-refractivity contribution is 7.16. The van der Waals surface area contributed by atoms with Gasteiger partial charge in [0.2, 0.25) is 0 Å². The maximum absolute atomic E-state index is 13.6. The molecule has 2 aromatic carbocycles. The lowest BCUT2D eigenvalue weighted by molar-refractivity contribution is 0.102. The van der Waals surface area contributed by atoms with Gasteiger partial charge in [0.25, 0.3) is 5.91 Å². The third-order valence-corrected chi connectivity index (χ3v) is 8.01. The van der Waals surface area contributed by atoms with Gasteiger partial charge in [-0.15, -0.1) is 11.3 Å². The molecule has 1 aliphatic rings. The standard InChI is InChI=1S/C29H20ClN3O2S/c30-22-10-4-1-9-19(22)25-13-14-26(35-25)24-15-20(17-7-2-5-11-23(17)32-24)28(34)33-29-21(16-31)18-8-3-6-12-27(18)36-29/h1-2,4-5,7,9-11,13-15H,3,6,8,12H2,(H,33,34). The van der Waals surface area contributed by atoms with Crippen LogP contribution in [0.3, 0.4) is 0 Å². The van der Waals surface area contributed by atoms with Crippen molar-refractivity contribution in [2.24, 2.45) is 0 Å². The Balaban J connectivity index is 1.40. The number of para-hydroxylation sites is 1. The van der Waals surface area contributed by atoms with Crippen LogP contribution in [0, 0.1) is 11.3 Å². The summed E-state index contributed by atoms with van der Waals surface area (Å²) in [6.07, 6.45) is 4.03. The molecule has 3 aromatic heterocycles. The fourth-order valence-corrected chi connectivity index (χ4v) is 6.18. The van der Waals surface area contributed by atoms with Gasteiger partial charge in [-0.2, -0.15) is 5.26 Å². The van der Waals surface area contributed by atoms with Crippen LogP contribution < -0.4 is 5.32 Å². The van der Waals surface area contributed by atoms with E-state index in [2.05, 4.69) is 11.4 Å². The number of hydrogen-bond acceptors (Lipinski definition) is 5. The summed E-state index contributed by atoms with van der Waals surface area (Å²) < 4.78 is 6.11. The molecule has 5 aromatic rings. The summed E-state index contributed by atoms with van der Waals surface area (Å²) in [7, 11) is 0. The Morgan fingerprint density at radius 1 is 1.03 bits per heavy atom. The molecule has 0 spiro atoms. The van der Waals surface area contributed by atoms with Gasteiger partial charge in [-0.05, 0) is 67.6 Å². The van der Waals surface area contributed by atoms with Crippen LogP contribution in [0.25, 0.3) is 33.7 Å². The third kappa shape index (κ3) is 3.97. The number of carbonyl (C=O) groups excluding carboxylic acids is 1. The van der Waals surface area contributed by atoms with E-state index in [9.17, 15) is 10.1 Å². The van der Waals surface area contributed by atoms with E-state index >= 15 is 0 Å². The number of fused-ring (bicyclic) bond motifs is 2. The number of benzene rings is 2. The molecular weight excluding hydrogens is 490 g/mol. The third-order valence-electron chi connectivity index (χ3n) is 6.47. The predicted molar refractivity (Wildman–Crippen MR) is 144 cm³/mol. The zero-order valence-electron chi connectivity index (χ0n) is 19.2. The minimum Gasteiger partial charge on any atom is -0.454 e. The number of anilines is 1. The summed E-state index contributed by atoms with van der Waals surface area (Å²) >= 11 is 7.86. The van der Waals surface area contributed by atoms with Gasteiger partial charge in [0.15, 0.2) is 5.76 Å². The SMILES string of the molecule is N#Cc1c(NC(=O)c2cc(-c3ccc(-c4ccccc4Cl)o3)nc3ccccc23)sc2c1CCCC2. The van der Waals surface area contributed by atoms with Gasteiger partial charge in [-0.3, -0.25) is 4.79 Å². The molecule has 0 aliphatic heterocycles. The highest BCUT2D eigenvalue weighted by Crippen LogP contribution is 2.38. The summed E-state index contributed by atoms with van der Waals surface area (Å²) in [5, 5.41) is 14.8. The lowest BCUT2D eigenvalue weighted by atomic mass is 9.96. The Kier molecular flexibility index (Phi) is 5.80. The number of aromatic nitrogens is 1. The molecule has 1 amide bonds. The van der Waals surface area contributed by atoms with E-state index in [4.69, 9.17) is 21.0 Å². The first kappa shape index (κ1) is 22.5. The number of hydrogen-bond donors (Lipinski definition) is 1. The maximum Gasteiger partial charge on any atom is 0.257 e. The van der Waals surface area contributed by atoms with Gasteiger partial charge in [0.1, 0.15) is 22.5 Å². The first-order valence-corrected chi connectivity index (χ1v) is 12.9. The largest absolute Gasteiger partial charge is 0.454 e. The molecular formula is C29H20ClN3O2S. The van der Waals surface area contributed by atoms with Crippen LogP contribution in [0.4, 0.5) is 5.00 Å². The van der Waals surface area contributed by atoms with Crippen molar-refractivity contribution in [3.05, 3.63) is 93.3 Å². The number of halogens is 1. The average Bonchev–Trinajstić information content (AvgIpc) is 3.53. The number of furan rings is 1. The Morgan fingerprint density at radius 2 is 1.81 bits per heavy atom. The van der Waals surface area contributed by atoms with Crippen molar-refractivity contribution < 1.29 is 9.21 Å². The number of amides is 1. The Bertz CT molecular complexity index is 1680. The normalized spacial score (nSPS) is 12.8. The molecule has 0 saturated carbocycles. The van der Waals surface area contributed by atoms with E-state index in [1.165, 1.54) is 16.2 Å². The van der Waals surface area contributed by atoms with Gasteiger partial charge in [-0.25, -0.2) is 4.98 Å². The van der Waals surface area contributed by atoms with E-state index in [-0.39, 0.29) is 5.91 Å². The van der Waals surface area contributed by atoms with Crippen LogP contribution in [-0.4, -0.2) is 10.9 Å². The van der Waals surface area contributed by atoms with E-state index < -0.39 is 0 Å². The van der Waals surface area contributed by atoms with Crippen molar-refractivity contribution in [3.63, 3.8) is 0 Å². The molecule has 0 unspecified atom stereocenters. The highest BCUT2D eigenvalue weighted by Gasteiger charge is 2.23. The second kappa shape index (κ2) is 9.27. The van der Waals surface area contributed by atoms with Gasteiger partial charge >= 0.3 is 0 Å². The van der Waals surface area contributed by atoms with Crippen molar-refractivity contribution in [1.82, 2.24) is 4.98 Å². The minimum atomic E-state index is -0.275. The van der Waals surface area contributed by atoms with Gasteiger partial charge < -0.3 is 9.73 Å². The summed E-state index contributed by atoms with van der Waals surface area (Å²) in [5.74, 6) is 0.885. The zero-order chi connectivity index (χ0) is 24.6. The van der Waals surface area contributed by atoms with Crippen molar-refractivity contribution in [3.8, 4) is 28.8 Å². The monoisotopic (exact) mass is 509 g/mol. The molecule has 1 N–H and O–H groups in total. The molecule has 176 valence electrons. The molecule has 7 heteroatoms.